The summed E-state index contributed by atoms with van der Waals surface area (Å²) in [7, 11) is 0. The van der Waals surface area contributed by atoms with Gasteiger partial charge >= 0.3 is 0 Å². The number of rotatable bonds is 3. The van der Waals surface area contributed by atoms with E-state index in [-0.39, 0.29) is 6.04 Å². The Kier molecular flexibility index (Phi) is 2.85. The molecule has 0 bridgehead atoms. The van der Waals surface area contributed by atoms with Gasteiger partial charge in [0.2, 0.25) is 0 Å². The first-order valence-electron chi connectivity index (χ1n) is 6.00. The van der Waals surface area contributed by atoms with Crippen LogP contribution in [0.1, 0.15) is 52.4 Å². The molecule has 1 saturated carbocycles. The van der Waals surface area contributed by atoms with Crippen molar-refractivity contribution in [3.05, 3.63) is 0 Å². The molecule has 2 heteroatoms. The van der Waals surface area contributed by atoms with Gasteiger partial charge in [-0.3, -0.25) is 0 Å². The lowest BCUT2D eigenvalue weighted by molar-refractivity contribution is 0.0189. The van der Waals surface area contributed by atoms with Crippen molar-refractivity contribution in [3.8, 4) is 0 Å². The molecule has 3 unspecified atom stereocenters. The highest BCUT2D eigenvalue weighted by Gasteiger charge is 2.37. The van der Waals surface area contributed by atoms with E-state index >= 15 is 0 Å². The zero-order valence-corrected chi connectivity index (χ0v) is 9.46. The number of hydrogen-bond acceptors (Lipinski definition) is 2. The maximum atomic E-state index is 6.21. The molecule has 1 heterocycles. The Morgan fingerprint density at radius 2 is 2.14 bits per heavy atom. The molecule has 0 amide bonds. The number of hydrogen-bond donors (Lipinski definition) is 1. The maximum absolute atomic E-state index is 6.21. The van der Waals surface area contributed by atoms with Gasteiger partial charge in [0.1, 0.15) is 0 Å². The van der Waals surface area contributed by atoms with Gasteiger partial charge in [0.15, 0.2) is 0 Å². The van der Waals surface area contributed by atoms with E-state index in [2.05, 4.69) is 13.8 Å². The second-order valence-corrected chi connectivity index (χ2v) is 5.59. The topological polar surface area (TPSA) is 35.2 Å². The molecule has 2 fully saturated rings. The van der Waals surface area contributed by atoms with E-state index in [0.29, 0.717) is 17.6 Å². The molecule has 1 saturated heterocycles. The van der Waals surface area contributed by atoms with Crippen LogP contribution in [0.5, 0.6) is 0 Å². The predicted molar refractivity (Wildman–Crippen MR) is 58.1 cm³/mol. The summed E-state index contributed by atoms with van der Waals surface area (Å²) < 4.78 is 5.81. The van der Waals surface area contributed by atoms with Crippen LogP contribution in [0.2, 0.25) is 0 Å². The fraction of sp³-hybridized carbons (Fsp3) is 1.00. The van der Waals surface area contributed by atoms with Crippen LogP contribution in [0, 0.1) is 5.41 Å². The third-order valence-corrected chi connectivity index (χ3v) is 4.03. The maximum Gasteiger partial charge on any atom is 0.0730 e. The Morgan fingerprint density at radius 1 is 1.43 bits per heavy atom. The van der Waals surface area contributed by atoms with Crippen molar-refractivity contribution < 1.29 is 4.74 Å². The standard InChI is InChI=1S/C12H23NO/c1-9-4-5-11(14-9)10(13)8-12(2)6-3-7-12/h9-11H,3-8,13H2,1-2H3. The fourth-order valence-corrected chi connectivity index (χ4v) is 2.83. The Labute approximate surface area is 87.2 Å². The predicted octanol–water partition coefficient (Wildman–Crippen LogP) is 2.46. The molecule has 0 radical (unpaired) electrons. The molecule has 1 aliphatic heterocycles. The minimum atomic E-state index is 0.269. The van der Waals surface area contributed by atoms with E-state index in [1.165, 1.54) is 32.1 Å². The molecule has 2 aliphatic rings. The van der Waals surface area contributed by atoms with Crippen LogP contribution < -0.4 is 5.73 Å². The van der Waals surface area contributed by atoms with E-state index in [4.69, 9.17) is 10.5 Å². The number of nitrogens with two attached hydrogens (primary N) is 1. The summed E-state index contributed by atoms with van der Waals surface area (Å²) in [4.78, 5) is 0. The lowest BCUT2D eigenvalue weighted by Crippen LogP contribution is -2.41. The zero-order chi connectivity index (χ0) is 10.2. The van der Waals surface area contributed by atoms with E-state index in [1.54, 1.807) is 0 Å². The fourth-order valence-electron chi connectivity index (χ4n) is 2.83. The quantitative estimate of drug-likeness (QED) is 0.754. The van der Waals surface area contributed by atoms with Gasteiger partial charge in [-0.1, -0.05) is 13.3 Å². The van der Waals surface area contributed by atoms with Crippen molar-refractivity contribution >= 4 is 0 Å². The third kappa shape index (κ3) is 2.12. The van der Waals surface area contributed by atoms with Crippen LogP contribution in [0.3, 0.4) is 0 Å². The van der Waals surface area contributed by atoms with Crippen LogP contribution in [0.15, 0.2) is 0 Å². The molecule has 0 aromatic rings. The average Bonchev–Trinajstić information content (AvgIpc) is 2.49. The average molecular weight is 197 g/mol. The summed E-state index contributed by atoms with van der Waals surface area (Å²) in [6.07, 6.45) is 8.40. The summed E-state index contributed by atoms with van der Waals surface area (Å²) in [6, 6.07) is 0.269. The van der Waals surface area contributed by atoms with Gasteiger partial charge in [0.25, 0.3) is 0 Å². The number of ether oxygens (including phenoxy) is 1. The third-order valence-electron chi connectivity index (χ3n) is 4.03. The van der Waals surface area contributed by atoms with Gasteiger partial charge in [0.05, 0.1) is 12.2 Å². The highest BCUT2D eigenvalue weighted by Crippen LogP contribution is 2.44. The molecule has 2 nitrogen and oxygen atoms in total. The van der Waals surface area contributed by atoms with Crippen LogP contribution in [-0.2, 0) is 4.74 Å². The van der Waals surface area contributed by atoms with Crippen LogP contribution in [0.25, 0.3) is 0 Å². The van der Waals surface area contributed by atoms with Crippen molar-refractivity contribution in [1.82, 2.24) is 0 Å². The molecule has 0 aromatic carbocycles. The first kappa shape index (κ1) is 10.4. The summed E-state index contributed by atoms with van der Waals surface area (Å²) in [5.41, 5.74) is 6.75. The Balaban J connectivity index is 1.80. The van der Waals surface area contributed by atoms with Gasteiger partial charge in [-0.25, -0.2) is 0 Å². The Hall–Kier alpha value is -0.0800. The van der Waals surface area contributed by atoms with Crippen LogP contribution in [-0.4, -0.2) is 18.2 Å². The van der Waals surface area contributed by atoms with Gasteiger partial charge in [0, 0.05) is 6.04 Å². The normalized spacial score (nSPS) is 37.9. The minimum Gasteiger partial charge on any atom is -0.374 e. The Bertz CT molecular complexity index is 200. The van der Waals surface area contributed by atoms with Gasteiger partial charge < -0.3 is 10.5 Å². The van der Waals surface area contributed by atoms with Gasteiger partial charge in [-0.15, -0.1) is 0 Å². The molecule has 3 atom stereocenters. The molecule has 2 rings (SSSR count). The molecule has 1 aliphatic carbocycles. The van der Waals surface area contributed by atoms with Crippen molar-refractivity contribution in [3.63, 3.8) is 0 Å². The zero-order valence-electron chi connectivity index (χ0n) is 9.46. The lowest BCUT2D eigenvalue weighted by Gasteiger charge is -2.41. The molecule has 0 aromatic heterocycles. The van der Waals surface area contributed by atoms with E-state index in [9.17, 15) is 0 Å². The second kappa shape index (κ2) is 3.82. The molecular formula is C12H23NO. The lowest BCUT2D eigenvalue weighted by atomic mass is 9.66. The van der Waals surface area contributed by atoms with Crippen molar-refractivity contribution in [2.24, 2.45) is 11.1 Å². The summed E-state index contributed by atoms with van der Waals surface area (Å²) in [6.45, 7) is 4.52. The molecule has 2 N–H and O–H groups in total. The summed E-state index contributed by atoms with van der Waals surface area (Å²) in [5, 5.41) is 0. The van der Waals surface area contributed by atoms with Crippen molar-refractivity contribution in [2.45, 2.75) is 70.6 Å². The van der Waals surface area contributed by atoms with Gasteiger partial charge in [-0.2, -0.15) is 0 Å². The van der Waals surface area contributed by atoms with Crippen molar-refractivity contribution in [1.29, 1.82) is 0 Å². The van der Waals surface area contributed by atoms with E-state index < -0.39 is 0 Å². The molecule has 82 valence electrons. The largest absolute Gasteiger partial charge is 0.374 e. The second-order valence-electron chi connectivity index (χ2n) is 5.59. The molecule has 0 spiro atoms. The van der Waals surface area contributed by atoms with Crippen LogP contribution >= 0.6 is 0 Å². The van der Waals surface area contributed by atoms with Crippen LogP contribution in [0.4, 0.5) is 0 Å². The highest BCUT2D eigenvalue weighted by molar-refractivity contribution is 4.90. The van der Waals surface area contributed by atoms with E-state index in [1.807, 2.05) is 0 Å². The highest BCUT2D eigenvalue weighted by atomic mass is 16.5. The first-order valence-corrected chi connectivity index (χ1v) is 6.00. The van der Waals surface area contributed by atoms with E-state index in [0.717, 1.165) is 6.42 Å². The molecular weight excluding hydrogens is 174 g/mol. The summed E-state index contributed by atoms with van der Waals surface area (Å²) >= 11 is 0. The van der Waals surface area contributed by atoms with Crippen molar-refractivity contribution in [2.75, 3.05) is 0 Å². The Morgan fingerprint density at radius 3 is 2.57 bits per heavy atom. The monoisotopic (exact) mass is 197 g/mol. The summed E-state index contributed by atoms with van der Waals surface area (Å²) in [5.74, 6) is 0. The minimum absolute atomic E-state index is 0.269. The molecule has 14 heavy (non-hydrogen) atoms. The smallest absolute Gasteiger partial charge is 0.0730 e. The first-order chi connectivity index (χ1) is 6.59. The van der Waals surface area contributed by atoms with Gasteiger partial charge in [-0.05, 0) is 44.4 Å². The SMILES string of the molecule is CC1CCC(C(N)CC2(C)CCC2)O1.